The molecule has 1 aliphatic rings. The van der Waals surface area contributed by atoms with E-state index < -0.39 is 5.92 Å². The second kappa shape index (κ2) is 8.02. The van der Waals surface area contributed by atoms with Gasteiger partial charge in [-0.25, -0.2) is 4.99 Å². The molecule has 2 atom stereocenters. The molecule has 31 heavy (non-hydrogen) atoms. The summed E-state index contributed by atoms with van der Waals surface area (Å²) < 4.78 is 0. The van der Waals surface area contributed by atoms with Crippen LogP contribution in [-0.2, 0) is 0 Å². The summed E-state index contributed by atoms with van der Waals surface area (Å²) in [5, 5.41) is 21.0. The average molecular weight is 425 g/mol. The van der Waals surface area contributed by atoms with Crippen LogP contribution in [0.25, 0.3) is 22.0 Å². The number of nitrogens with zero attached hydrogens (tertiary/aromatic N) is 3. The lowest BCUT2D eigenvalue weighted by molar-refractivity contribution is 0.701. The van der Waals surface area contributed by atoms with Gasteiger partial charge in [-0.2, -0.15) is 10.4 Å². The van der Waals surface area contributed by atoms with Gasteiger partial charge in [0.2, 0.25) is 0 Å². The fraction of sp³-hybridized carbons (Fsp3) is 0.192. The molecule has 1 aliphatic heterocycles. The Bertz CT molecular complexity index is 1340. The van der Waals surface area contributed by atoms with Crippen LogP contribution in [0.3, 0.4) is 0 Å². The Kier molecular flexibility index (Phi) is 5.05. The number of hydrogen-bond donors (Lipinski definition) is 1. The van der Waals surface area contributed by atoms with Crippen molar-refractivity contribution in [2.24, 2.45) is 10.9 Å². The van der Waals surface area contributed by atoms with Crippen LogP contribution in [0.4, 0.5) is 5.82 Å². The predicted molar refractivity (Wildman–Crippen MR) is 126 cm³/mol. The fourth-order valence-electron chi connectivity index (χ4n) is 4.61. The largest absolute Gasteiger partial charge is 0.275 e. The van der Waals surface area contributed by atoms with Crippen molar-refractivity contribution in [3.05, 3.63) is 82.9 Å². The fourth-order valence-corrected chi connectivity index (χ4v) is 4.87. The Hall–Kier alpha value is -3.42. The van der Waals surface area contributed by atoms with Crippen LogP contribution in [0.1, 0.15) is 36.8 Å². The van der Waals surface area contributed by atoms with Gasteiger partial charge in [-0.15, -0.1) is 0 Å². The van der Waals surface area contributed by atoms with E-state index in [1.165, 1.54) is 0 Å². The molecule has 1 aromatic heterocycles. The quantitative estimate of drug-likeness (QED) is 0.381. The molecule has 0 radical (unpaired) electrons. The van der Waals surface area contributed by atoms with Gasteiger partial charge in [0.15, 0.2) is 5.82 Å². The van der Waals surface area contributed by atoms with Gasteiger partial charge < -0.3 is 0 Å². The number of benzene rings is 3. The highest BCUT2D eigenvalue weighted by molar-refractivity contribution is 6.31. The minimum Gasteiger partial charge on any atom is -0.275 e. The number of aromatic nitrogens is 2. The van der Waals surface area contributed by atoms with E-state index in [-0.39, 0.29) is 5.92 Å². The number of H-pyrrole nitrogens is 1. The maximum Gasteiger partial charge on any atom is 0.178 e. The Balaban J connectivity index is 1.80. The van der Waals surface area contributed by atoms with Crippen LogP contribution < -0.4 is 0 Å². The molecule has 1 N–H and O–H groups in total. The van der Waals surface area contributed by atoms with Crippen molar-refractivity contribution in [1.29, 1.82) is 5.26 Å². The maximum atomic E-state index is 10.2. The molecule has 0 saturated heterocycles. The molecular weight excluding hydrogens is 404 g/mol. The minimum absolute atomic E-state index is 0.236. The molecule has 2 unspecified atom stereocenters. The van der Waals surface area contributed by atoms with Gasteiger partial charge in [-0.3, -0.25) is 5.10 Å². The van der Waals surface area contributed by atoms with Gasteiger partial charge in [0, 0.05) is 27.8 Å². The maximum absolute atomic E-state index is 10.2. The van der Waals surface area contributed by atoms with Gasteiger partial charge in [0.1, 0.15) is 0 Å². The Morgan fingerprint density at radius 1 is 1.03 bits per heavy atom. The number of hydrogen-bond acceptors (Lipinski definition) is 3. The summed E-state index contributed by atoms with van der Waals surface area (Å²) in [4.78, 5) is 4.83. The highest BCUT2D eigenvalue weighted by atomic mass is 35.5. The first kappa shape index (κ1) is 19.5. The molecule has 4 nitrogen and oxygen atoms in total. The molecule has 0 aliphatic carbocycles. The molecule has 0 bridgehead atoms. The lowest BCUT2D eigenvalue weighted by Crippen LogP contribution is -2.25. The van der Waals surface area contributed by atoms with Crippen LogP contribution in [0.15, 0.2) is 71.7 Å². The van der Waals surface area contributed by atoms with Gasteiger partial charge in [-0.05, 0) is 28.8 Å². The van der Waals surface area contributed by atoms with Crippen molar-refractivity contribution in [1.82, 2.24) is 10.2 Å². The first-order valence-electron chi connectivity index (χ1n) is 10.5. The zero-order chi connectivity index (χ0) is 21.4. The summed E-state index contributed by atoms with van der Waals surface area (Å²) in [7, 11) is 0. The van der Waals surface area contributed by atoms with E-state index in [0.717, 1.165) is 51.7 Å². The third kappa shape index (κ3) is 3.22. The highest BCUT2D eigenvalue weighted by Crippen LogP contribution is 2.48. The third-order valence-electron chi connectivity index (χ3n) is 5.98. The summed E-state index contributed by atoms with van der Waals surface area (Å²) in [5.74, 6) is 0.0296. The van der Waals surface area contributed by atoms with Gasteiger partial charge in [0.25, 0.3) is 0 Å². The first-order valence-corrected chi connectivity index (χ1v) is 10.9. The average Bonchev–Trinajstić information content (AvgIpc) is 3.22. The number of fused-ring (bicyclic) bond motifs is 2. The summed E-state index contributed by atoms with van der Waals surface area (Å²) >= 11 is 6.65. The lowest BCUT2D eigenvalue weighted by Gasteiger charge is -2.29. The molecule has 2 heterocycles. The van der Waals surface area contributed by atoms with E-state index >= 15 is 0 Å². The molecule has 0 fully saturated rings. The number of nitriles is 1. The standard InChI is InChI=1S/C26H21ClN4/c1-2-8-22-20(15-28)23(19-12-5-6-14-21(19)27)24-25(30-31-26(24)29-22)18-13-7-10-16-9-3-4-11-17(16)18/h3-7,9-14,20,23H,2,8H2,1H3,(H,30,31). The van der Waals surface area contributed by atoms with Crippen LogP contribution in [0.5, 0.6) is 0 Å². The number of halogens is 1. The first-order chi connectivity index (χ1) is 15.2. The predicted octanol–water partition coefficient (Wildman–Crippen LogP) is 7.04. The molecule has 4 aromatic rings. The van der Waals surface area contributed by atoms with E-state index in [2.05, 4.69) is 47.5 Å². The molecule has 5 heteroatoms. The number of aliphatic imine (C=N–C) groups is 1. The van der Waals surface area contributed by atoms with Crippen LogP contribution in [-0.4, -0.2) is 15.9 Å². The molecule has 0 spiro atoms. The topological polar surface area (TPSA) is 64.8 Å². The summed E-state index contributed by atoms with van der Waals surface area (Å²) in [5.41, 5.74) is 4.70. The van der Waals surface area contributed by atoms with Gasteiger partial charge in [0.05, 0.1) is 17.7 Å². The van der Waals surface area contributed by atoms with Crippen molar-refractivity contribution in [3.8, 4) is 17.3 Å². The van der Waals surface area contributed by atoms with E-state index in [9.17, 15) is 5.26 Å². The lowest BCUT2D eigenvalue weighted by atomic mass is 9.75. The normalized spacial score (nSPS) is 17.8. The molecular formula is C26H21ClN4. The number of rotatable bonds is 4. The second-order valence-electron chi connectivity index (χ2n) is 7.82. The smallest absolute Gasteiger partial charge is 0.178 e. The SMILES string of the molecule is CCCC1=Nc2n[nH]c(-c3cccc4ccccc34)c2C(c2ccccc2Cl)C1C#N. The van der Waals surface area contributed by atoms with Crippen molar-refractivity contribution < 1.29 is 0 Å². The second-order valence-corrected chi connectivity index (χ2v) is 8.23. The van der Waals surface area contributed by atoms with Crippen LogP contribution in [0.2, 0.25) is 5.02 Å². The molecule has 5 rings (SSSR count). The zero-order valence-electron chi connectivity index (χ0n) is 17.1. The summed E-state index contributed by atoms with van der Waals surface area (Å²) in [6.07, 6.45) is 1.68. The zero-order valence-corrected chi connectivity index (χ0v) is 17.9. The number of nitrogens with one attached hydrogen (secondary N) is 1. The molecule has 3 aromatic carbocycles. The Morgan fingerprint density at radius 2 is 1.81 bits per heavy atom. The van der Waals surface area contributed by atoms with Crippen LogP contribution in [0, 0.1) is 17.2 Å². The van der Waals surface area contributed by atoms with E-state index in [1.54, 1.807) is 0 Å². The number of aromatic amines is 1. The van der Waals surface area contributed by atoms with E-state index in [4.69, 9.17) is 16.6 Å². The van der Waals surface area contributed by atoms with Crippen molar-refractivity contribution >= 4 is 33.9 Å². The molecule has 152 valence electrons. The highest BCUT2D eigenvalue weighted by Gasteiger charge is 2.39. The molecule has 0 amide bonds. The summed E-state index contributed by atoms with van der Waals surface area (Å²) in [6.45, 7) is 2.10. The third-order valence-corrected chi connectivity index (χ3v) is 6.33. The Morgan fingerprint density at radius 3 is 2.61 bits per heavy atom. The minimum atomic E-state index is -0.390. The monoisotopic (exact) mass is 424 g/mol. The van der Waals surface area contributed by atoms with Crippen molar-refractivity contribution in [2.45, 2.75) is 25.7 Å². The Labute approximate surface area is 186 Å². The van der Waals surface area contributed by atoms with Crippen molar-refractivity contribution in [3.63, 3.8) is 0 Å². The van der Waals surface area contributed by atoms with Gasteiger partial charge in [-0.1, -0.05) is 85.6 Å². The van der Waals surface area contributed by atoms with Crippen LogP contribution >= 0.6 is 11.6 Å². The van der Waals surface area contributed by atoms with E-state index in [1.807, 2.05) is 42.5 Å². The van der Waals surface area contributed by atoms with Crippen molar-refractivity contribution in [2.75, 3.05) is 0 Å². The van der Waals surface area contributed by atoms with E-state index in [0.29, 0.717) is 10.8 Å². The van der Waals surface area contributed by atoms with Gasteiger partial charge >= 0.3 is 0 Å². The summed E-state index contributed by atoms with van der Waals surface area (Å²) in [6, 6.07) is 24.8. The molecule has 0 saturated carbocycles.